The molecule has 0 radical (unpaired) electrons. The van der Waals surface area contributed by atoms with E-state index >= 15 is 0 Å². The summed E-state index contributed by atoms with van der Waals surface area (Å²) in [7, 11) is 1.56. The summed E-state index contributed by atoms with van der Waals surface area (Å²) in [5.41, 5.74) is 4.93. The number of hydrazone groups is 1. The van der Waals surface area contributed by atoms with Crippen LogP contribution in [0.5, 0.6) is 5.75 Å². The van der Waals surface area contributed by atoms with Gasteiger partial charge < -0.3 is 10.1 Å². The molecule has 124 valence electrons. The average Bonchev–Trinajstić information content (AvgIpc) is 2.57. The minimum absolute atomic E-state index is 0.308. The highest BCUT2D eigenvalue weighted by atomic mass is 16.5. The Morgan fingerprint density at radius 1 is 1.04 bits per heavy atom. The van der Waals surface area contributed by atoms with Gasteiger partial charge in [0.25, 0.3) is 0 Å². The second-order valence-electron chi connectivity index (χ2n) is 5.16. The average molecular weight is 325 g/mol. The third-order valence-corrected chi connectivity index (χ3v) is 3.18. The van der Waals surface area contributed by atoms with E-state index in [1.807, 2.05) is 31.2 Å². The van der Waals surface area contributed by atoms with E-state index in [0.717, 1.165) is 11.1 Å². The zero-order valence-corrected chi connectivity index (χ0v) is 13.6. The first-order valence-corrected chi connectivity index (χ1v) is 7.39. The summed E-state index contributed by atoms with van der Waals surface area (Å²) >= 11 is 0. The number of carbonyl (C=O) groups excluding carboxylic acids is 2. The molecule has 0 heterocycles. The molecular weight excluding hydrogens is 306 g/mol. The van der Waals surface area contributed by atoms with Crippen molar-refractivity contribution < 1.29 is 14.3 Å². The summed E-state index contributed by atoms with van der Waals surface area (Å²) in [5, 5.41) is 6.46. The molecule has 0 aliphatic heterocycles. The normalized spacial score (nSPS) is 10.4. The molecule has 2 N–H and O–H groups in total. The monoisotopic (exact) mass is 325 g/mol. The molecule has 0 saturated carbocycles. The number of nitrogens with zero attached hydrogens (tertiary/aromatic N) is 1. The van der Waals surface area contributed by atoms with E-state index < -0.39 is 11.8 Å². The molecule has 2 aromatic carbocycles. The van der Waals surface area contributed by atoms with Crippen LogP contribution in [-0.4, -0.2) is 25.1 Å². The van der Waals surface area contributed by atoms with Crippen molar-refractivity contribution in [1.29, 1.82) is 0 Å². The van der Waals surface area contributed by atoms with Crippen molar-refractivity contribution in [2.75, 3.05) is 12.4 Å². The maximum absolute atomic E-state index is 11.8. The molecule has 0 bridgehead atoms. The van der Waals surface area contributed by atoms with Gasteiger partial charge in [0.1, 0.15) is 12.2 Å². The Bertz CT molecular complexity index is 722. The highest BCUT2D eigenvalue weighted by molar-refractivity contribution is 6.03. The van der Waals surface area contributed by atoms with Gasteiger partial charge in [-0.1, -0.05) is 29.8 Å². The van der Waals surface area contributed by atoms with Gasteiger partial charge in [-0.25, -0.2) is 5.43 Å². The standard InChI is InChI=1S/C18H19N3O3/c1-13-3-5-14(6-4-13)12-19-21-18(23)11-17(22)20-15-7-9-16(24-2)10-8-15/h3-10,12H,11H2,1-2H3,(H,20,22)(H,21,23). The molecule has 0 aliphatic rings. The lowest BCUT2D eigenvalue weighted by Crippen LogP contribution is -2.24. The third kappa shape index (κ3) is 5.57. The van der Waals surface area contributed by atoms with Crippen molar-refractivity contribution in [2.24, 2.45) is 5.10 Å². The molecule has 6 nitrogen and oxygen atoms in total. The van der Waals surface area contributed by atoms with Gasteiger partial charge in [0.2, 0.25) is 11.8 Å². The molecule has 24 heavy (non-hydrogen) atoms. The number of amides is 2. The summed E-state index contributed by atoms with van der Waals surface area (Å²) in [6.45, 7) is 1.99. The highest BCUT2D eigenvalue weighted by Crippen LogP contribution is 2.15. The van der Waals surface area contributed by atoms with E-state index in [1.165, 1.54) is 6.21 Å². The van der Waals surface area contributed by atoms with Crippen molar-refractivity contribution in [1.82, 2.24) is 5.43 Å². The van der Waals surface area contributed by atoms with Gasteiger partial charge in [0.15, 0.2) is 0 Å². The van der Waals surface area contributed by atoms with Crippen molar-refractivity contribution in [2.45, 2.75) is 13.3 Å². The van der Waals surface area contributed by atoms with Crippen molar-refractivity contribution in [3.05, 3.63) is 59.7 Å². The molecule has 0 spiro atoms. The minimum atomic E-state index is -0.482. The van der Waals surface area contributed by atoms with E-state index in [9.17, 15) is 9.59 Å². The number of hydrogen-bond acceptors (Lipinski definition) is 4. The predicted molar refractivity (Wildman–Crippen MR) is 93.2 cm³/mol. The molecule has 0 fully saturated rings. The maximum Gasteiger partial charge on any atom is 0.249 e. The number of hydrogen-bond donors (Lipinski definition) is 2. The van der Waals surface area contributed by atoms with Crippen LogP contribution in [-0.2, 0) is 9.59 Å². The van der Waals surface area contributed by atoms with Crippen LogP contribution in [0.3, 0.4) is 0 Å². The molecule has 0 aromatic heterocycles. The van der Waals surface area contributed by atoms with E-state index in [2.05, 4.69) is 15.8 Å². The van der Waals surface area contributed by atoms with Crippen molar-refractivity contribution in [3.63, 3.8) is 0 Å². The lowest BCUT2D eigenvalue weighted by molar-refractivity contribution is -0.126. The first kappa shape index (κ1) is 17.2. The van der Waals surface area contributed by atoms with Crippen LogP contribution in [0.15, 0.2) is 53.6 Å². The van der Waals surface area contributed by atoms with Crippen molar-refractivity contribution in [3.8, 4) is 5.75 Å². The number of nitrogens with one attached hydrogen (secondary N) is 2. The maximum atomic E-state index is 11.8. The minimum Gasteiger partial charge on any atom is -0.497 e. The summed E-state index contributed by atoms with van der Waals surface area (Å²) in [4.78, 5) is 23.5. The van der Waals surface area contributed by atoms with Crippen LogP contribution in [0.1, 0.15) is 17.5 Å². The number of benzene rings is 2. The molecule has 0 unspecified atom stereocenters. The highest BCUT2D eigenvalue weighted by Gasteiger charge is 2.08. The van der Waals surface area contributed by atoms with Crippen molar-refractivity contribution >= 4 is 23.7 Å². The topological polar surface area (TPSA) is 79.8 Å². The quantitative estimate of drug-likeness (QED) is 0.486. The van der Waals surface area contributed by atoms with Gasteiger partial charge in [0.05, 0.1) is 13.3 Å². The number of aryl methyl sites for hydroxylation is 1. The van der Waals surface area contributed by atoms with Crippen LogP contribution in [0.25, 0.3) is 0 Å². The molecule has 2 amide bonds. The van der Waals surface area contributed by atoms with E-state index in [4.69, 9.17) is 4.74 Å². The van der Waals surface area contributed by atoms with Gasteiger partial charge in [-0.15, -0.1) is 0 Å². The van der Waals surface area contributed by atoms with Crippen LogP contribution in [0.4, 0.5) is 5.69 Å². The van der Waals surface area contributed by atoms with Crippen LogP contribution < -0.4 is 15.5 Å². The lowest BCUT2D eigenvalue weighted by Gasteiger charge is -2.05. The Labute approximate surface area is 140 Å². The predicted octanol–water partition coefficient (Wildman–Crippen LogP) is 2.48. The fraction of sp³-hybridized carbons (Fsp3) is 0.167. The smallest absolute Gasteiger partial charge is 0.249 e. The summed E-state index contributed by atoms with van der Waals surface area (Å²) < 4.78 is 5.03. The fourth-order valence-electron chi connectivity index (χ4n) is 1.90. The van der Waals surface area contributed by atoms with E-state index in [1.54, 1.807) is 31.4 Å². The van der Waals surface area contributed by atoms with E-state index in [0.29, 0.717) is 11.4 Å². The Morgan fingerprint density at radius 2 is 1.71 bits per heavy atom. The second-order valence-corrected chi connectivity index (χ2v) is 5.16. The second kappa shape index (κ2) is 8.47. The van der Waals surface area contributed by atoms with Crippen LogP contribution >= 0.6 is 0 Å². The number of methoxy groups -OCH3 is 1. The van der Waals surface area contributed by atoms with Gasteiger partial charge >= 0.3 is 0 Å². The van der Waals surface area contributed by atoms with Crippen LogP contribution in [0.2, 0.25) is 0 Å². The number of rotatable bonds is 6. The summed E-state index contributed by atoms with van der Waals surface area (Å²) in [6.07, 6.45) is 1.22. The first-order valence-electron chi connectivity index (χ1n) is 7.39. The van der Waals surface area contributed by atoms with Gasteiger partial charge in [-0.05, 0) is 36.8 Å². The Morgan fingerprint density at radius 3 is 2.33 bits per heavy atom. The molecule has 0 atom stereocenters. The first-order chi connectivity index (χ1) is 11.6. The van der Waals surface area contributed by atoms with E-state index in [-0.39, 0.29) is 6.42 Å². The van der Waals surface area contributed by atoms with Gasteiger partial charge in [0, 0.05) is 5.69 Å². The Kier molecular flexibility index (Phi) is 6.08. The number of ether oxygens (including phenoxy) is 1. The molecule has 6 heteroatoms. The summed E-state index contributed by atoms with van der Waals surface area (Å²) in [6, 6.07) is 14.5. The zero-order chi connectivity index (χ0) is 17.4. The Balaban J connectivity index is 1.78. The summed E-state index contributed by atoms with van der Waals surface area (Å²) in [5.74, 6) is -0.205. The number of anilines is 1. The lowest BCUT2D eigenvalue weighted by atomic mass is 10.2. The number of carbonyl (C=O) groups is 2. The fourth-order valence-corrected chi connectivity index (χ4v) is 1.90. The largest absolute Gasteiger partial charge is 0.497 e. The van der Waals surface area contributed by atoms with Crippen LogP contribution in [0, 0.1) is 6.92 Å². The molecule has 2 aromatic rings. The van der Waals surface area contributed by atoms with Gasteiger partial charge in [-0.3, -0.25) is 9.59 Å². The SMILES string of the molecule is COc1ccc(NC(=O)CC(=O)NN=Cc2ccc(C)cc2)cc1. The Hall–Kier alpha value is -3.15. The molecular formula is C18H19N3O3. The zero-order valence-electron chi connectivity index (χ0n) is 13.6. The molecule has 0 aliphatic carbocycles. The third-order valence-electron chi connectivity index (χ3n) is 3.18. The van der Waals surface area contributed by atoms with Gasteiger partial charge in [-0.2, -0.15) is 5.10 Å². The molecule has 2 rings (SSSR count). The molecule has 0 saturated heterocycles.